The summed E-state index contributed by atoms with van der Waals surface area (Å²) >= 11 is 2.32. The summed E-state index contributed by atoms with van der Waals surface area (Å²) in [5.74, 6) is 0. The predicted molar refractivity (Wildman–Crippen MR) is 127 cm³/mol. The van der Waals surface area contributed by atoms with Crippen LogP contribution in [0.25, 0.3) is 10.9 Å². The van der Waals surface area contributed by atoms with Gasteiger partial charge in [-0.05, 0) is 65.4 Å². The molecule has 0 saturated carbocycles. The number of halogens is 1. The first-order valence-corrected chi connectivity index (χ1v) is 11.8. The van der Waals surface area contributed by atoms with Gasteiger partial charge in [0.15, 0.2) is 0 Å². The van der Waals surface area contributed by atoms with E-state index in [0.29, 0.717) is 17.0 Å². The third kappa shape index (κ3) is 3.79. The van der Waals surface area contributed by atoms with Gasteiger partial charge in [0.05, 0.1) is 16.1 Å². The highest BCUT2D eigenvalue weighted by Gasteiger charge is 2.21. The lowest BCUT2D eigenvalue weighted by Crippen LogP contribution is -2.17. The Morgan fingerprint density at radius 1 is 0.931 bits per heavy atom. The molecule has 0 N–H and O–H groups in total. The summed E-state index contributed by atoms with van der Waals surface area (Å²) in [5, 5.41) is 0.945. The number of fused-ring (bicyclic) bond motifs is 1. The Morgan fingerprint density at radius 3 is 2.31 bits per heavy atom. The molecule has 0 aliphatic heterocycles. The van der Waals surface area contributed by atoms with E-state index in [4.69, 9.17) is 0 Å². The molecular formula is C23H21IN2O2S. The summed E-state index contributed by atoms with van der Waals surface area (Å²) in [4.78, 5) is 2.44. The van der Waals surface area contributed by atoms with Crippen LogP contribution in [-0.2, 0) is 16.6 Å². The quantitative estimate of drug-likeness (QED) is 0.333. The van der Waals surface area contributed by atoms with Crippen molar-refractivity contribution in [3.05, 3.63) is 93.7 Å². The van der Waals surface area contributed by atoms with Crippen LogP contribution in [0.3, 0.4) is 0 Å². The van der Waals surface area contributed by atoms with Crippen molar-refractivity contribution in [3.63, 3.8) is 0 Å². The smallest absolute Gasteiger partial charge is 0.268 e. The molecule has 4 nitrogen and oxygen atoms in total. The standard InChI is InChI=1S/C23H21IN2O2S/c1-17-11-13-19(14-12-17)29(27,28)26-16-18(20-7-3-5-9-22(20)26)15-25(2)23-10-6-4-8-21(23)24/h3-14,16H,15H2,1-2H3. The van der Waals surface area contributed by atoms with Gasteiger partial charge in [-0.15, -0.1) is 0 Å². The minimum absolute atomic E-state index is 0.293. The van der Waals surface area contributed by atoms with Crippen LogP contribution in [0, 0.1) is 10.5 Å². The van der Waals surface area contributed by atoms with E-state index < -0.39 is 10.0 Å². The Kier molecular flexibility index (Phi) is 5.40. The Hall–Kier alpha value is -2.32. The van der Waals surface area contributed by atoms with Crippen LogP contribution in [0.4, 0.5) is 5.69 Å². The molecule has 0 aliphatic carbocycles. The van der Waals surface area contributed by atoms with E-state index in [2.05, 4.69) is 39.6 Å². The van der Waals surface area contributed by atoms with Crippen LogP contribution < -0.4 is 4.90 Å². The van der Waals surface area contributed by atoms with Crippen molar-refractivity contribution in [2.24, 2.45) is 0 Å². The van der Waals surface area contributed by atoms with E-state index in [0.717, 1.165) is 25.8 Å². The zero-order valence-corrected chi connectivity index (χ0v) is 19.2. The van der Waals surface area contributed by atoms with Crippen molar-refractivity contribution in [1.29, 1.82) is 0 Å². The van der Waals surface area contributed by atoms with Crippen LogP contribution in [0.2, 0.25) is 0 Å². The molecule has 0 radical (unpaired) electrons. The third-order valence-corrected chi connectivity index (χ3v) is 7.61. The maximum atomic E-state index is 13.3. The van der Waals surface area contributed by atoms with Crippen molar-refractivity contribution >= 4 is 49.2 Å². The highest BCUT2D eigenvalue weighted by molar-refractivity contribution is 14.1. The van der Waals surface area contributed by atoms with Crippen molar-refractivity contribution in [1.82, 2.24) is 3.97 Å². The molecule has 0 atom stereocenters. The normalized spacial score (nSPS) is 11.7. The Balaban J connectivity index is 1.80. The molecule has 0 unspecified atom stereocenters. The van der Waals surface area contributed by atoms with Gasteiger partial charge in [-0.25, -0.2) is 12.4 Å². The molecule has 4 rings (SSSR count). The molecule has 1 aromatic heterocycles. The molecule has 0 bridgehead atoms. The van der Waals surface area contributed by atoms with Crippen LogP contribution in [-0.4, -0.2) is 19.4 Å². The summed E-state index contributed by atoms with van der Waals surface area (Å²) in [7, 11) is -1.65. The van der Waals surface area contributed by atoms with Crippen LogP contribution >= 0.6 is 22.6 Å². The second-order valence-corrected chi connectivity index (χ2v) is 10.1. The SMILES string of the molecule is Cc1ccc(S(=O)(=O)n2cc(CN(C)c3ccccc3I)c3ccccc32)cc1. The molecule has 3 aromatic carbocycles. The molecule has 29 heavy (non-hydrogen) atoms. The van der Waals surface area contributed by atoms with Gasteiger partial charge < -0.3 is 4.90 Å². The summed E-state index contributed by atoms with van der Waals surface area (Å²) in [5.41, 5.74) is 3.81. The molecule has 0 amide bonds. The van der Waals surface area contributed by atoms with Crippen molar-refractivity contribution in [2.75, 3.05) is 11.9 Å². The minimum Gasteiger partial charge on any atom is -0.369 e. The van der Waals surface area contributed by atoms with Gasteiger partial charge in [-0.2, -0.15) is 0 Å². The average Bonchev–Trinajstić information content (AvgIpc) is 3.08. The maximum Gasteiger partial charge on any atom is 0.268 e. The molecular weight excluding hydrogens is 495 g/mol. The fourth-order valence-corrected chi connectivity index (χ4v) is 5.66. The van der Waals surface area contributed by atoms with Crippen LogP contribution in [0.1, 0.15) is 11.1 Å². The van der Waals surface area contributed by atoms with Gasteiger partial charge in [-0.3, -0.25) is 0 Å². The number of rotatable bonds is 5. The Labute approximate surface area is 185 Å². The molecule has 0 saturated heterocycles. The number of para-hydroxylation sites is 2. The van der Waals surface area contributed by atoms with Gasteiger partial charge in [0.25, 0.3) is 10.0 Å². The molecule has 1 heterocycles. The predicted octanol–water partition coefficient (Wildman–Crippen LogP) is 5.43. The molecule has 4 aromatic rings. The van der Waals surface area contributed by atoms with Crippen LogP contribution in [0.5, 0.6) is 0 Å². The first kappa shape index (κ1) is 20.0. The van der Waals surface area contributed by atoms with E-state index in [1.807, 2.05) is 62.5 Å². The number of aromatic nitrogens is 1. The molecule has 0 aliphatic rings. The number of hydrogen-bond donors (Lipinski definition) is 0. The highest BCUT2D eigenvalue weighted by Crippen LogP contribution is 2.29. The highest BCUT2D eigenvalue weighted by atomic mass is 127. The lowest BCUT2D eigenvalue weighted by Gasteiger charge is -2.20. The fourth-order valence-electron chi connectivity index (χ4n) is 3.47. The Bertz CT molecular complexity index is 1280. The summed E-state index contributed by atoms with van der Waals surface area (Å²) in [6.07, 6.45) is 1.76. The van der Waals surface area contributed by atoms with E-state index in [9.17, 15) is 8.42 Å². The second kappa shape index (κ2) is 7.84. The summed E-state index contributed by atoms with van der Waals surface area (Å²) in [6, 6.07) is 22.8. The first-order chi connectivity index (χ1) is 13.9. The maximum absolute atomic E-state index is 13.3. The zero-order valence-electron chi connectivity index (χ0n) is 16.2. The van der Waals surface area contributed by atoms with Crippen LogP contribution in [0.15, 0.2) is 83.9 Å². The van der Waals surface area contributed by atoms with E-state index in [1.54, 1.807) is 18.3 Å². The lowest BCUT2D eigenvalue weighted by molar-refractivity contribution is 0.589. The molecule has 0 fully saturated rings. The van der Waals surface area contributed by atoms with Gasteiger partial charge in [0.2, 0.25) is 0 Å². The van der Waals surface area contributed by atoms with Gasteiger partial charge in [0.1, 0.15) is 0 Å². The van der Waals surface area contributed by atoms with E-state index in [1.165, 1.54) is 3.97 Å². The number of benzene rings is 3. The van der Waals surface area contributed by atoms with E-state index >= 15 is 0 Å². The fraction of sp³-hybridized carbons (Fsp3) is 0.130. The zero-order chi connectivity index (χ0) is 20.6. The van der Waals surface area contributed by atoms with Crippen molar-refractivity contribution in [2.45, 2.75) is 18.4 Å². The minimum atomic E-state index is -3.67. The number of hydrogen-bond acceptors (Lipinski definition) is 3. The van der Waals surface area contributed by atoms with E-state index in [-0.39, 0.29) is 0 Å². The molecule has 148 valence electrons. The van der Waals surface area contributed by atoms with Gasteiger partial charge in [-0.1, -0.05) is 48.0 Å². The lowest BCUT2D eigenvalue weighted by atomic mass is 10.1. The first-order valence-electron chi connectivity index (χ1n) is 9.25. The van der Waals surface area contributed by atoms with Crippen molar-refractivity contribution < 1.29 is 8.42 Å². The summed E-state index contributed by atoms with van der Waals surface area (Å²) < 4.78 is 29.2. The van der Waals surface area contributed by atoms with Crippen molar-refractivity contribution in [3.8, 4) is 0 Å². The monoisotopic (exact) mass is 516 g/mol. The number of anilines is 1. The average molecular weight is 516 g/mol. The Morgan fingerprint density at radius 2 is 1.59 bits per heavy atom. The number of aryl methyl sites for hydroxylation is 1. The largest absolute Gasteiger partial charge is 0.369 e. The second-order valence-electron chi connectivity index (χ2n) is 7.09. The summed E-state index contributed by atoms with van der Waals surface area (Å²) in [6.45, 7) is 2.55. The third-order valence-electron chi connectivity index (χ3n) is 5.01. The number of nitrogens with zero attached hydrogens (tertiary/aromatic N) is 2. The topological polar surface area (TPSA) is 42.3 Å². The molecule has 0 spiro atoms. The molecule has 6 heteroatoms. The van der Waals surface area contributed by atoms with Gasteiger partial charge in [0, 0.05) is 28.7 Å². The van der Waals surface area contributed by atoms with Gasteiger partial charge >= 0.3 is 0 Å².